The van der Waals surface area contributed by atoms with Crippen LogP contribution in [0.1, 0.15) is 6.92 Å². The number of rotatable bonds is 0. The highest BCUT2D eigenvalue weighted by Gasteiger charge is 2.04. The van der Waals surface area contributed by atoms with Gasteiger partial charge in [-0.3, -0.25) is 0 Å². The normalized spacial score (nSPS) is 18.0. The Hall–Kier alpha value is -0.860. The summed E-state index contributed by atoms with van der Waals surface area (Å²) < 4.78 is 12.0. The second-order valence-corrected chi connectivity index (χ2v) is 1.28. The zero-order valence-corrected chi connectivity index (χ0v) is 3.85. The van der Waals surface area contributed by atoms with Crippen molar-refractivity contribution in [2.45, 2.75) is 6.92 Å². The molecule has 0 unspecified atom stereocenters. The lowest BCUT2D eigenvalue weighted by Gasteiger charge is -1.77. The SMILES string of the molecule is CC1=N[N]C=C1F. The Labute approximate surface area is 40.7 Å². The Morgan fingerprint density at radius 3 is 2.57 bits per heavy atom. The minimum absolute atomic E-state index is 0.333. The van der Waals surface area contributed by atoms with E-state index in [0.717, 1.165) is 6.20 Å². The molecular weight excluding hydrogens is 95.1 g/mol. The van der Waals surface area contributed by atoms with Crippen molar-refractivity contribution in [3.05, 3.63) is 12.0 Å². The number of hydrogen-bond donors (Lipinski definition) is 0. The van der Waals surface area contributed by atoms with Crippen molar-refractivity contribution in [1.29, 1.82) is 0 Å². The number of hydrogen-bond acceptors (Lipinski definition) is 1. The van der Waals surface area contributed by atoms with Crippen molar-refractivity contribution < 1.29 is 4.39 Å². The first-order valence-corrected chi connectivity index (χ1v) is 1.91. The lowest BCUT2D eigenvalue weighted by Crippen LogP contribution is -1.83. The van der Waals surface area contributed by atoms with E-state index < -0.39 is 0 Å². The molecule has 0 N–H and O–H groups in total. The summed E-state index contributed by atoms with van der Waals surface area (Å²) in [6.07, 6.45) is 1.09. The van der Waals surface area contributed by atoms with Gasteiger partial charge in [0.05, 0.1) is 11.9 Å². The van der Waals surface area contributed by atoms with Gasteiger partial charge in [0.1, 0.15) is 0 Å². The fraction of sp³-hybridized carbons (Fsp3) is 0.250. The maximum Gasteiger partial charge on any atom is 0.166 e. The molecule has 0 aromatic rings. The molecule has 0 bridgehead atoms. The van der Waals surface area contributed by atoms with Crippen molar-refractivity contribution in [3.63, 3.8) is 0 Å². The molecule has 0 saturated heterocycles. The first-order chi connectivity index (χ1) is 3.30. The van der Waals surface area contributed by atoms with Crippen LogP contribution in [0.3, 0.4) is 0 Å². The zero-order chi connectivity index (χ0) is 5.28. The molecule has 1 aliphatic heterocycles. The maximum absolute atomic E-state index is 12.0. The molecule has 1 heterocycles. The molecule has 0 aromatic carbocycles. The highest BCUT2D eigenvalue weighted by Crippen LogP contribution is 2.03. The van der Waals surface area contributed by atoms with Crippen molar-refractivity contribution in [1.82, 2.24) is 5.43 Å². The van der Waals surface area contributed by atoms with E-state index in [1.807, 2.05) is 0 Å². The maximum atomic E-state index is 12.0. The summed E-state index contributed by atoms with van der Waals surface area (Å²) in [7, 11) is 0. The Kier molecular flexibility index (Phi) is 0.817. The summed E-state index contributed by atoms with van der Waals surface area (Å²) in [6, 6.07) is 0. The largest absolute Gasteiger partial charge is 0.203 e. The average Bonchev–Trinajstić information content (AvgIpc) is 1.91. The van der Waals surface area contributed by atoms with E-state index in [2.05, 4.69) is 10.5 Å². The summed E-state index contributed by atoms with van der Waals surface area (Å²) in [5.74, 6) is -0.333. The van der Waals surface area contributed by atoms with Crippen molar-refractivity contribution in [3.8, 4) is 0 Å². The first-order valence-electron chi connectivity index (χ1n) is 1.91. The van der Waals surface area contributed by atoms with Gasteiger partial charge in [0.2, 0.25) is 0 Å². The number of halogens is 1. The third-order valence-corrected chi connectivity index (χ3v) is 0.724. The molecule has 3 heteroatoms. The minimum Gasteiger partial charge on any atom is -0.203 e. The van der Waals surface area contributed by atoms with Gasteiger partial charge in [0.15, 0.2) is 5.83 Å². The highest BCUT2D eigenvalue weighted by molar-refractivity contribution is 5.97. The van der Waals surface area contributed by atoms with Crippen molar-refractivity contribution in [2.75, 3.05) is 0 Å². The fourth-order valence-electron chi connectivity index (χ4n) is 0.307. The molecule has 7 heavy (non-hydrogen) atoms. The minimum atomic E-state index is -0.333. The van der Waals surface area contributed by atoms with Gasteiger partial charge in [-0.15, -0.1) is 0 Å². The quantitative estimate of drug-likeness (QED) is 0.429. The molecule has 0 aliphatic carbocycles. The Bertz CT molecular complexity index is 121. The molecule has 1 aliphatic rings. The molecule has 0 aromatic heterocycles. The van der Waals surface area contributed by atoms with E-state index >= 15 is 0 Å². The van der Waals surface area contributed by atoms with Crippen LogP contribution in [0.15, 0.2) is 17.1 Å². The van der Waals surface area contributed by atoms with Crippen molar-refractivity contribution in [2.24, 2.45) is 5.10 Å². The van der Waals surface area contributed by atoms with Gasteiger partial charge in [-0.25, -0.2) is 4.39 Å². The predicted octanol–water partition coefficient (Wildman–Crippen LogP) is 0.791. The molecule has 1 radical (unpaired) electrons. The Morgan fingerprint density at radius 2 is 2.43 bits per heavy atom. The summed E-state index contributed by atoms with van der Waals surface area (Å²) in [6.45, 7) is 1.57. The number of allylic oxidation sites excluding steroid dienone is 1. The van der Waals surface area contributed by atoms with Gasteiger partial charge in [-0.1, -0.05) is 0 Å². The topological polar surface area (TPSA) is 26.5 Å². The Balaban J connectivity index is 2.78. The van der Waals surface area contributed by atoms with Crippen LogP contribution in [0.25, 0.3) is 0 Å². The molecule has 2 nitrogen and oxygen atoms in total. The van der Waals surface area contributed by atoms with Crippen LogP contribution in [-0.2, 0) is 0 Å². The molecule has 0 atom stereocenters. The molecule has 0 amide bonds. The van der Waals surface area contributed by atoms with Crippen LogP contribution in [-0.4, -0.2) is 5.71 Å². The van der Waals surface area contributed by atoms with E-state index in [1.54, 1.807) is 6.92 Å². The lowest BCUT2D eigenvalue weighted by molar-refractivity contribution is 0.680. The van der Waals surface area contributed by atoms with E-state index in [9.17, 15) is 4.39 Å². The lowest BCUT2D eigenvalue weighted by atomic mass is 10.4. The summed E-state index contributed by atoms with van der Waals surface area (Å²) in [5.41, 5.74) is 3.66. The van der Waals surface area contributed by atoms with Gasteiger partial charge in [0.25, 0.3) is 0 Å². The second kappa shape index (κ2) is 1.33. The summed E-state index contributed by atoms with van der Waals surface area (Å²) in [5, 5.41) is 3.39. The third-order valence-electron chi connectivity index (χ3n) is 0.724. The van der Waals surface area contributed by atoms with Crippen LogP contribution >= 0.6 is 0 Å². The summed E-state index contributed by atoms with van der Waals surface area (Å²) >= 11 is 0. The smallest absolute Gasteiger partial charge is 0.166 e. The van der Waals surface area contributed by atoms with Crippen molar-refractivity contribution >= 4 is 5.71 Å². The molecule has 0 saturated carbocycles. The predicted molar refractivity (Wildman–Crippen MR) is 24.4 cm³/mol. The van der Waals surface area contributed by atoms with E-state index in [-0.39, 0.29) is 5.83 Å². The van der Waals surface area contributed by atoms with Gasteiger partial charge < -0.3 is 0 Å². The molecule has 0 fully saturated rings. The van der Waals surface area contributed by atoms with E-state index in [1.165, 1.54) is 0 Å². The van der Waals surface area contributed by atoms with E-state index in [0.29, 0.717) is 5.71 Å². The molecule has 37 valence electrons. The second-order valence-electron chi connectivity index (χ2n) is 1.28. The molecule has 1 rings (SSSR count). The van der Waals surface area contributed by atoms with Crippen LogP contribution < -0.4 is 5.43 Å². The average molecular weight is 99.1 g/mol. The van der Waals surface area contributed by atoms with Gasteiger partial charge >= 0.3 is 0 Å². The monoisotopic (exact) mass is 99.0 g/mol. The highest BCUT2D eigenvalue weighted by atomic mass is 19.1. The van der Waals surface area contributed by atoms with Crippen LogP contribution in [0.2, 0.25) is 0 Å². The van der Waals surface area contributed by atoms with Crippen LogP contribution in [0.4, 0.5) is 4.39 Å². The molecular formula is C4H4FN2. The van der Waals surface area contributed by atoms with Gasteiger partial charge in [0, 0.05) is 0 Å². The standard InChI is InChI=1S/C4H4FN2/c1-3-4(5)2-6-7-3/h2H,1H3. The van der Waals surface area contributed by atoms with Gasteiger partial charge in [-0.05, 0) is 6.92 Å². The third kappa shape index (κ3) is 0.607. The summed E-state index contributed by atoms with van der Waals surface area (Å²) in [4.78, 5) is 0. The molecule has 0 spiro atoms. The number of nitrogens with zero attached hydrogens (tertiary/aromatic N) is 2. The van der Waals surface area contributed by atoms with E-state index in [4.69, 9.17) is 0 Å². The fourth-order valence-corrected chi connectivity index (χ4v) is 0.307. The zero-order valence-electron chi connectivity index (χ0n) is 3.85. The Morgan fingerprint density at radius 1 is 1.71 bits per heavy atom. The van der Waals surface area contributed by atoms with Crippen LogP contribution in [0, 0.1) is 0 Å². The van der Waals surface area contributed by atoms with Gasteiger partial charge in [-0.2, -0.15) is 10.5 Å². The van der Waals surface area contributed by atoms with Crippen LogP contribution in [0.5, 0.6) is 0 Å². The first kappa shape index (κ1) is 4.30.